The number of aliphatic hydroxyl groups excluding tert-OH is 1. The second-order valence-electron chi connectivity index (χ2n) is 6.48. The van der Waals surface area contributed by atoms with Gasteiger partial charge < -0.3 is 9.63 Å². The minimum atomic E-state index is -0.185. The zero-order chi connectivity index (χ0) is 13.2. The van der Waals surface area contributed by atoms with Crippen molar-refractivity contribution in [3.8, 4) is 0 Å². The molecule has 0 radical (unpaired) electrons. The largest absolute Gasteiger partial charge is 0.393 e. The van der Waals surface area contributed by atoms with Crippen LogP contribution in [0.5, 0.6) is 0 Å². The van der Waals surface area contributed by atoms with Crippen molar-refractivity contribution in [3.05, 3.63) is 11.7 Å². The van der Waals surface area contributed by atoms with Gasteiger partial charge in [-0.25, -0.2) is 0 Å². The zero-order valence-electron chi connectivity index (χ0n) is 11.7. The molecule has 106 valence electrons. The van der Waals surface area contributed by atoms with Crippen LogP contribution in [0, 0.1) is 11.8 Å². The fourth-order valence-electron chi connectivity index (χ4n) is 3.61. The minimum absolute atomic E-state index is 0.185. The molecule has 0 saturated heterocycles. The molecule has 1 aromatic rings. The SMILES string of the molecule is CC1CCC(c2noc(CC3CCCCC3O)n2)C1. The van der Waals surface area contributed by atoms with Crippen molar-refractivity contribution in [2.45, 2.75) is 70.3 Å². The molecular formula is C15H24N2O2. The molecule has 1 aromatic heterocycles. The number of rotatable bonds is 3. The number of nitrogens with zero attached hydrogens (tertiary/aromatic N) is 2. The molecule has 4 heteroatoms. The lowest BCUT2D eigenvalue weighted by atomic mass is 9.84. The number of aromatic nitrogens is 2. The summed E-state index contributed by atoms with van der Waals surface area (Å²) in [6.07, 6.45) is 8.57. The summed E-state index contributed by atoms with van der Waals surface area (Å²) in [5, 5.41) is 14.1. The van der Waals surface area contributed by atoms with Gasteiger partial charge in [0.2, 0.25) is 5.89 Å². The maximum absolute atomic E-state index is 9.99. The molecule has 2 aliphatic carbocycles. The van der Waals surface area contributed by atoms with Crippen LogP contribution in [0.1, 0.15) is 69.5 Å². The van der Waals surface area contributed by atoms with Crippen molar-refractivity contribution in [2.75, 3.05) is 0 Å². The van der Waals surface area contributed by atoms with Crippen LogP contribution in [-0.2, 0) is 6.42 Å². The van der Waals surface area contributed by atoms with Crippen molar-refractivity contribution in [3.63, 3.8) is 0 Å². The molecule has 2 fully saturated rings. The summed E-state index contributed by atoms with van der Waals surface area (Å²) in [4.78, 5) is 4.57. The molecule has 2 saturated carbocycles. The van der Waals surface area contributed by atoms with Crippen molar-refractivity contribution in [2.24, 2.45) is 11.8 Å². The fourth-order valence-corrected chi connectivity index (χ4v) is 3.61. The van der Waals surface area contributed by atoms with E-state index in [0.717, 1.165) is 43.3 Å². The lowest BCUT2D eigenvalue weighted by Gasteiger charge is -2.26. The average molecular weight is 264 g/mol. The third-order valence-electron chi connectivity index (χ3n) is 4.85. The van der Waals surface area contributed by atoms with Crippen molar-refractivity contribution < 1.29 is 9.63 Å². The van der Waals surface area contributed by atoms with Gasteiger partial charge in [-0.2, -0.15) is 4.98 Å². The predicted molar refractivity (Wildman–Crippen MR) is 71.7 cm³/mol. The second-order valence-corrected chi connectivity index (χ2v) is 6.48. The molecule has 0 aromatic carbocycles. The van der Waals surface area contributed by atoms with Gasteiger partial charge in [-0.3, -0.25) is 0 Å². The van der Waals surface area contributed by atoms with Gasteiger partial charge in [0, 0.05) is 12.3 Å². The van der Waals surface area contributed by atoms with E-state index in [0.29, 0.717) is 11.8 Å². The summed E-state index contributed by atoms with van der Waals surface area (Å²) in [5.41, 5.74) is 0. The van der Waals surface area contributed by atoms with Gasteiger partial charge in [-0.15, -0.1) is 0 Å². The third-order valence-corrected chi connectivity index (χ3v) is 4.85. The summed E-state index contributed by atoms with van der Waals surface area (Å²) in [6.45, 7) is 2.29. The van der Waals surface area contributed by atoms with Gasteiger partial charge in [0.1, 0.15) is 0 Å². The first-order valence-corrected chi connectivity index (χ1v) is 7.73. The third kappa shape index (κ3) is 2.99. The van der Waals surface area contributed by atoms with Crippen LogP contribution in [0.25, 0.3) is 0 Å². The lowest BCUT2D eigenvalue weighted by molar-refractivity contribution is 0.0657. The highest BCUT2D eigenvalue weighted by atomic mass is 16.5. The highest BCUT2D eigenvalue weighted by molar-refractivity contribution is 5.00. The topological polar surface area (TPSA) is 59.2 Å². The predicted octanol–water partition coefficient (Wildman–Crippen LogP) is 3.07. The number of aliphatic hydroxyl groups is 1. The first-order valence-electron chi connectivity index (χ1n) is 7.73. The molecule has 1 N–H and O–H groups in total. The molecule has 4 atom stereocenters. The Labute approximate surface area is 114 Å². The Morgan fingerprint density at radius 1 is 1.21 bits per heavy atom. The minimum Gasteiger partial charge on any atom is -0.393 e. The first-order chi connectivity index (χ1) is 9.22. The van der Waals surface area contributed by atoms with Gasteiger partial charge >= 0.3 is 0 Å². The maximum Gasteiger partial charge on any atom is 0.227 e. The van der Waals surface area contributed by atoms with Crippen molar-refractivity contribution in [1.82, 2.24) is 10.1 Å². The van der Waals surface area contributed by atoms with Gasteiger partial charge in [-0.05, 0) is 43.9 Å². The van der Waals surface area contributed by atoms with Gasteiger partial charge in [-0.1, -0.05) is 24.9 Å². The van der Waals surface area contributed by atoms with Crippen LogP contribution in [0.2, 0.25) is 0 Å². The number of hydrogen-bond donors (Lipinski definition) is 1. The molecule has 0 amide bonds. The summed E-state index contributed by atoms with van der Waals surface area (Å²) in [6, 6.07) is 0. The van der Waals surface area contributed by atoms with Gasteiger partial charge in [0.15, 0.2) is 5.82 Å². The summed E-state index contributed by atoms with van der Waals surface area (Å²) in [7, 11) is 0. The Hall–Kier alpha value is -0.900. The standard InChI is InChI=1S/C15H24N2O2/c1-10-6-7-12(8-10)15-16-14(19-17-15)9-11-4-2-3-5-13(11)18/h10-13,18H,2-9H2,1H3. The van der Waals surface area contributed by atoms with E-state index in [4.69, 9.17) is 4.52 Å². The lowest BCUT2D eigenvalue weighted by Crippen LogP contribution is -2.26. The Morgan fingerprint density at radius 3 is 2.79 bits per heavy atom. The normalized spacial score (nSPS) is 35.7. The molecule has 4 nitrogen and oxygen atoms in total. The van der Waals surface area contributed by atoms with Crippen LogP contribution in [0.3, 0.4) is 0 Å². The van der Waals surface area contributed by atoms with E-state index >= 15 is 0 Å². The molecule has 4 unspecified atom stereocenters. The van der Waals surface area contributed by atoms with Crippen molar-refractivity contribution >= 4 is 0 Å². The second kappa shape index (κ2) is 5.61. The van der Waals surface area contributed by atoms with E-state index in [2.05, 4.69) is 17.1 Å². The quantitative estimate of drug-likeness (QED) is 0.911. The first kappa shape index (κ1) is 13.1. The van der Waals surface area contributed by atoms with Crippen molar-refractivity contribution in [1.29, 1.82) is 0 Å². The zero-order valence-corrected chi connectivity index (χ0v) is 11.7. The van der Waals surface area contributed by atoms with Crippen LogP contribution in [0.15, 0.2) is 4.52 Å². The smallest absolute Gasteiger partial charge is 0.227 e. The fraction of sp³-hybridized carbons (Fsp3) is 0.867. The van der Waals surface area contributed by atoms with E-state index in [-0.39, 0.29) is 6.10 Å². The Balaban J connectivity index is 1.61. The van der Waals surface area contributed by atoms with Crippen LogP contribution in [-0.4, -0.2) is 21.4 Å². The number of hydrogen-bond acceptors (Lipinski definition) is 4. The van der Waals surface area contributed by atoms with Gasteiger partial charge in [0.05, 0.1) is 6.10 Å². The maximum atomic E-state index is 9.99. The Kier molecular flexibility index (Phi) is 3.87. The summed E-state index contributed by atoms with van der Waals surface area (Å²) in [5.74, 6) is 3.20. The van der Waals surface area contributed by atoms with Crippen LogP contribution in [0.4, 0.5) is 0 Å². The molecule has 0 aliphatic heterocycles. The average Bonchev–Trinajstić information content (AvgIpc) is 3.01. The highest BCUT2D eigenvalue weighted by Gasteiger charge is 2.29. The molecular weight excluding hydrogens is 240 g/mol. The highest BCUT2D eigenvalue weighted by Crippen LogP contribution is 2.36. The molecule has 19 heavy (non-hydrogen) atoms. The molecule has 1 heterocycles. The molecule has 2 aliphatic rings. The molecule has 0 bridgehead atoms. The van der Waals surface area contributed by atoms with Crippen LogP contribution < -0.4 is 0 Å². The monoisotopic (exact) mass is 264 g/mol. The molecule has 0 spiro atoms. The van der Waals surface area contributed by atoms with Gasteiger partial charge in [0.25, 0.3) is 0 Å². The molecule has 3 rings (SSSR count). The van der Waals surface area contributed by atoms with E-state index in [1.165, 1.54) is 25.7 Å². The van der Waals surface area contributed by atoms with E-state index in [1.54, 1.807) is 0 Å². The summed E-state index contributed by atoms with van der Waals surface area (Å²) >= 11 is 0. The Bertz CT molecular complexity index is 418. The van der Waals surface area contributed by atoms with E-state index in [1.807, 2.05) is 0 Å². The van der Waals surface area contributed by atoms with E-state index in [9.17, 15) is 5.11 Å². The van der Waals surface area contributed by atoms with Crippen LogP contribution >= 0.6 is 0 Å². The summed E-state index contributed by atoms with van der Waals surface area (Å²) < 4.78 is 5.39. The van der Waals surface area contributed by atoms with E-state index < -0.39 is 0 Å². The Morgan fingerprint density at radius 2 is 2.05 bits per heavy atom.